The van der Waals surface area contributed by atoms with Crippen LogP contribution in [0.25, 0.3) is 5.69 Å². The first-order chi connectivity index (χ1) is 20.0. The molecule has 2 N–H and O–H groups in total. The number of urea groups is 1. The maximum absolute atomic E-state index is 13.5. The summed E-state index contributed by atoms with van der Waals surface area (Å²) in [6.07, 6.45) is 5.78. The lowest BCUT2D eigenvalue weighted by Crippen LogP contribution is -2.38. The molecule has 0 aliphatic heterocycles. The SMILES string of the molecule is COc1ccc(CNC(=O)NC(C[C@H]2CCC3=C2[C@@H](C)c2cnn(-c4ccc(F)cc4)c2C3)c2ccccc2)cc1. The number of benzene rings is 3. The lowest BCUT2D eigenvalue weighted by molar-refractivity contribution is 0.234. The van der Waals surface area contributed by atoms with Crippen molar-refractivity contribution in [1.29, 1.82) is 0 Å². The Morgan fingerprint density at radius 1 is 1.07 bits per heavy atom. The molecule has 0 fully saturated rings. The number of hydrogen-bond donors (Lipinski definition) is 2. The minimum absolute atomic E-state index is 0.112. The van der Waals surface area contributed by atoms with Gasteiger partial charge >= 0.3 is 6.03 Å². The van der Waals surface area contributed by atoms with Crippen molar-refractivity contribution < 1.29 is 13.9 Å². The molecule has 0 saturated heterocycles. The van der Waals surface area contributed by atoms with E-state index in [2.05, 4.69) is 29.7 Å². The highest BCUT2D eigenvalue weighted by Gasteiger charge is 2.37. The summed E-state index contributed by atoms with van der Waals surface area (Å²) < 4.78 is 20.7. The fourth-order valence-corrected chi connectivity index (χ4v) is 6.51. The lowest BCUT2D eigenvalue weighted by atomic mass is 9.78. The molecule has 210 valence electrons. The molecule has 3 aromatic carbocycles. The van der Waals surface area contributed by atoms with Crippen molar-refractivity contribution >= 4 is 6.03 Å². The van der Waals surface area contributed by atoms with Gasteiger partial charge in [0.15, 0.2) is 0 Å². The van der Waals surface area contributed by atoms with E-state index in [0.29, 0.717) is 12.5 Å². The maximum atomic E-state index is 13.5. The van der Waals surface area contributed by atoms with Gasteiger partial charge in [-0.15, -0.1) is 0 Å². The number of rotatable bonds is 8. The van der Waals surface area contributed by atoms with Gasteiger partial charge in [0.2, 0.25) is 0 Å². The van der Waals surface area contributed by atoms with Gasteiger partial charge in [-0.05, 0) is 72.7 Å². The number of nitrogens with zero attached hydrogens (tertiary/aromatic N) is 2. The Bertz CT molecular complexity index is 1540. The molecular weight excluding hydrogens is 515 g/mol. The van der Waals surface area contributed by atoms with Gasteiger partial charge in [0.25, 0.3) is 0 Å². The van der Waals surface area contributed by atoms with Gasteiger partial charge in [0.1, 0.15) is 11.6 Å². The van der Waals surface area contributed by atoms with Crippen LogP contribution in [0, 0.1) is 11.7 Å². The molecular formula is C34H35FN4O2. The highest BCUT2D eigenvalue weighted by molar-refractivity contribution is 5.74. The highest BCUT2D eigenvalue weighted by atomic mass is 19.1. The first kappa shape index (κ1) is 26.8. The average Bonchev–Trinajstić information content (AvgIpc) is 3.62. The van der Waals surface area contributed by atoms with Gasteiger partial charge in [0, 0.05) is 24.4 Å². The largest absolute Gasteiger partial charge is 0.497 e. The van der Waals surface area contributed by atoms with Crippen LogP contribution in [0.2, 0.25) is 0 Å². The number of amides is 2. The Labute approximate surface area is 240 Å². The molecule has 3 atom stereocenters. The van der Waals surface area contributed by atoms with Crippen molar-refractivity contribution in [3.8, 4) is 11.4 Å². The summed E-state index contributed by atoms with van der Waals surface area (Å²) >= 11 is 0. The van der Waals surface area contributed by atoms with Gasteiger partial charge < -0.3 is 15.4 Å². The number of ether oxygens (including phenoxy) is 1. The Morgan fingerprint density at radius 3 is 2.56 bits per heavy atom. The molecule has 0 bridgehead atoms. The van der Waals surface area contributed by atoms with Crippen molar-refractivity contribution in [2.75, 3.05) is 7.11 Å². The standard InChI is InChI=1S/C34H35FN4O2/c1-22-30-21-37-39(28-14-12-27(35)13-15-28)32(30)19-26-11-10-25(33(22)26)18-31(24-6-4-3-5-7-24)38-34(40)36-20-23-8-16-29(41-2)17-9-23/h3-9,12-17,21-22,25,31H,10-11,18-20H2,1-2H3,(H2,36,38,40)/t22-,25+,31?/m0/s1. The Hall–Kier alpha value is -4.39. The summed E-state index contributed by atoms with van der Waals surface area (Å²) in [5, 5.41) is 11.0. The predicted octanol–water partition coefficient (Wildman–Crippen LogP) is 7.02. The number of carbonyl (C=O) groups excluding carboxylic acids is 1. The highest BCUT2D eigenvalue weighted by Crippen LogP contribution is 2.49. The van der Waals surface area contributed by atoms with E-state index in [1.54, 1.807) is 19.2 Å². The summed E-state index contributed by atoms with van der Waals surface area (Å²) in [4.78, 5) is 13.1. The summed E-state index contributed by atoms with van der Waals surface area (Å²) in [5.41, 5.74) is 8.41. The zero-order chi connectivity index (χ0) is 28.3. The monoisotopic (exact) mass is 550 g/mol. The third-order valence-corrected chi connectivity index (χ3v) is 8.57. The minimum atomic E-state index is -0.247. The average molecular weight is 551 g/mol. The molecule has 2 aliphatic carbocycles. The van der Waals surface area contributed by atoms with E-state index in [1.807, 2.05) is 53.3 Å². The van der Waals surface area contributed by atoms with Gasteiger partial charge in [0.05, 0.1) is 30.7 Å². The van der Waals surface area contributed by atoms with Crippen molar-refractivity contribution in [3.05, 3.63) is 124 Å². The van der Waals surface area contributed by atoms with Crippen LogP contribution in [0.15, 0.2) is 96.2 Å². The molecule has 4 aromatic rings. The van der Waals surface area contributed by atoms with Crippen molar-refractivity contribution in [3.63, 3.8) is 0 Å². The first-order valence-electron chi connectivity index (χ1n) is 14.3. The molecule has 1 aromatic heterocycles. The second-order valence-corrected chi connectivity index (χ2v) is 11.0. The molecule has 0 radical (unpaired) electrons. The second kappa shape index (κ2) is 11.6. The number of aromatic nitrogens is 2. The third kappa shape index (κ3) is 5.62. The number of fused-ring (bicyclic) bond motifs is 1. The van der Waals surface area contributed by atoms with Gasteiger partial charge in [-0.3, -0.25) is 0 Å². The lowest BCUT2D eigenvalue weighted by Gasteiger charge is -2.30. The Balaban J connectivity index is 1.18. The van der Waals surface area contributed by atoms with Crippen LogP contribution >= 0.6 is 0 Å². The van der Waals surface area contributed by atoms with E-state index in [4.69, 9.17) is 9.84 Å². The van der Waals surface area contributed by atoms with E-state index in [0.717, 1.165) is 48.2 Å². The zero-order valence-electron chi connectivity index (χ0n) is 23.4. The molecule has 0 saturated carbocycles. The van der Waals surface area contributed by atoms with Crippen LogP contribution in [0.1, 0.15) is 60.5 Å². The quantitative estimate of drug-likeness (QED) is 0.232. The van der Waals surface area contributed by atoms with Gasteiger partial charge in [-0.1, -0.05) is 60.5 Å². The normalized spacial score (nSPS) is 18.4. The van der Waals surface area contributed by atoms with Crippen molar-refractivity contribution in [1.82, 2.24) is 20.4 Å². The maximum Gasteiger partial charge on any atom is 0.315 e. The number of nitrogens with one attached hydrogen (secondary N) is 2. The Kier molecular flexibility index (Phi) is 7.59. The van der Waals surface area contributed by atoms with Crippen LogP contribution in [0.4, 0.5) is 9.18 Å². The van der Waals surface area contributed by atoms with Crippen LogP contribution in [0.3, 0.4) is 0 Å². The summed E-state index contributed by atoms with van der Waals surface area (Å²) in [6.45, 7) is 2.71. The number of hydrogen-bond acceptors (Lipinski definition) is 3. The van der Waals surface area contributed by atoms with Crippen LogP contribution in [-0.2, 0) is 13.0 Å². The van der Waals surface area contributed by atoms with E-state index in [9.17, 15) is 9.18 Å². The topological polar surface area (TPSA) is 68.2 Å². The summed E-state index contributed by atoms with van der Waals surface area (Å²) in [7, 11) is 1.64. The third-order valence-electron chi connectivity index (χ3n) is 8.57. The zero-order valence-corrected chi connectivity index (χ0v) is 23.4. The molecule has 41 heavy (non-hydrogen) atoms. The smallest absolute Gasteiger partial charge is 0.315 e. The molecule has 7 heteroatoms. The molecule has 2 amide bonds. The molecule has 6 nitrogen and oxygen atoms in total. The molecule has 2 aliphatic rings. The van der Waals surface area contributed by atoms with Gasteiger partial charge in [-0.2, -0.15) is 5.10 Å². The first-order valence-corrected chi connectivity index (χ1v) is 14.3. The second-order valence-electron chi connectivity index (χ2n) is 11.0. The molecule has 6 rings (SSSR count). The van der Waals surface area contributed by atoms with Crippen molar-refractivity contribution in [2.24, 2.45) is 5.92 Å². The van der Waals surface area contributed by atoms with E-state index in [-0.39, 0.29) is 23.8 Å². The summed E-state index contributed by atoms with van der Waals surface area (Å²) in [6, 6.07) is 24.2. The molecule has 0 spiro atoms. The number of methoxy groups -OCH3 is 1. The Morgan fingerprint density at radius 2 is 1.83 bits per heavy atom. The van der Waals surface area contributed by atoms with Crippen molar-refractivity contribution in [2.45, 2.75) is 51.1 Å². The van der Waals surface area contributed by atoms with E-state index >= 15 is 0 Å². The fourth-order valence-electron chi connectivity index (χ4n) is 6.51. The van der Waals surface area contributed by atoms with E-state index in [1.165, 1.54) is 34.5 Å². The predicted molar refractivity (Wildman–Crippen MR) is 158 cm³/mol. The molecule has 1 unspecified atom stereocenters. The van der Waals surface area contributed by atoms with Crippen LogP contribution in [-0.4, -0.2) is 22.9 Å². The molecule has 1 heterocycles. The summed E-state index contributed by atoms with van der Waals surface area (Å²) in [5.74, 6) is 1.16. The number of halogens is 1. The van der Waals surface area contributed by atoms with E-state index < -0.39 is 0 Å². The number of carbonyl (C=O) groups is 1. The number of allylic oxidation sites excluding steroid dienone is 2. The fraction of sp³-hybridized carbons (Fsp3) is 0.294. The minimum Gasteiger partial charge on any atom is -0.497 e. The van der Waals surface area contributed by atoms with Crippen LogP contribution in [0.5, 0.6) is 5.75 Å². The van der Waals surface area contributed by atoms with Crippen LogP contribution < -0.4 is 15.4 Å². The van der Waals surface area contributed by atoms with Gasteiger partial charge in [-0.25, -0.2) is 13.9 Å².